The summed E-state index contributed by atoms with van der Waals surface area (Å²) in [7, 11) is 1.67. The third-order valence-corrected chi connectivity index (χ3v) is 3.42. The van der Waals surface area contributed by atoms with Gasteiger partial charge < -0.3 is 29.9 Å². The highest BCUT2D eigenvalue weighted by atomic mass is 16.5. The topological polar surface area (TPSA) is 74.5 Å². The Morgan fingerprint density at radius 3 is 2.45 bits per heavy atom. The molecule has 22 heavy (non-hydrogen) atoms. The summed E-state index contributed by atoms with van der Waals surface area (Å²) in [5.74, 6) is 1.61. The average Bonchev–Trinajstić information content (AvgIpc) is 2.54. The van der Waals surface area contributed by atoms with Crippen molar-refractivity contribution >= 4 is 5.69 Å². The Morgan fingerprint density at radius 2 is 1.77 bits per heavy atom. The summed E-state index contributed by atoms with van der Waals surface area (Å²) < 4.78 is 16.6. The van der Waals surface area contributed by atoms with Gasteiger partial charge in [-0.1, -0.05) is 6.92 Å². The van der Waals surface area contributed by atoms with E-state index < -0.39 is 0 Å². The molecule has 1 fully saturated rings. The molecule has 1 aromatic carbocycles. The first kappa shape index (κ1) is 18.5. The highest BCUT2D eigenvalue weighted by Crippen LogP contribution is 2.32. The molecule has 0 spiro atoms. The minimum atomic E-state index is 0. The third kappa shape index (κ3) is 5.36. The van der Waals surface area contributed by atoms with Crippen LogP contribution in [0.4, 0.5) is 5.69 Å². The molecule has 1 aliphatic heterocycles. The Labute approximate surface area is 132 Å². The van der Waals surface area contributed by atoms with E-state index >= 15 is 0 Å². The van der Waals surface area contributed by atoms with Gasteiger partial charge in [0.2, 0.25) is 0 Å². The molecule has 0 unspecified atom stereocenters. The Kier molecular flexibility index (Phi) is 8.65. The summed E-state index contributed by atoms with van der Waals surface area (Å²) in [5, 5.41) is 3.37. The minimum absolute atomic E-state index is 0. The van der Waals surface area contributed by atoms with Crippen molar-refractivity contribution in [3.63, 3.8) is 0 Å². The number of nitrogens with one attached hydrogen (secondary N) is 1. The van der Waals surface area contributed by atoms with E-state index in [9.17, 15) is 0 Å². The summed E-state index contributed by atoms with van der Waals surface area (Å²) >= 11 is 0. The van der Waals surface area contributed by atoms with Crippen LogP contribution in [0.25, 0.3) is 0 Å². The van der Waals surface area contributed by atoms with Crippen LogP contribution in [0.3, 0.4) is 0 Å². The lowest BCUT2D eigenvalue weighted by Crippen LogP contribution is -2.43. The fourth-order valence-electron chi connectivity index (χ4n) is 2.30. The van der Waals surface area contributed by atoms with Crippen LogP contribution >= 0.6 is 0 Å². The zero-order valence-corrected chi connectivity index (χ0v) is 13.6. The number of rotatable bonds is 8. The second-order valence-electron chi connectivity index (χ2n) is 5.06. The maximum atomic E-state index is 5.84. The lowest BCUT2D eigenvalue weighted by atomic mass is 10.2. The predicted molar refractivity (Wildman–Crippen MR) is 88.3 cm³/mol. The molecule has 0 aliphatic carbocycles. The van der Waals surface area contributed by atoms with Gasteiger partial charge >= 0.3 is 0 Å². The molecule has 0 aromatic heterocycles. The summed E-state index contributed by atoms with van der Waals surface area (Å²) in [4.78, 5) is 2.37. The zero-order valence-electron chi connectivity index (χ0n) is 13.6. The van der Waals surface area contributed by atoms with E-state index in [1.165, 1.54) is 5.69 Å². The normalized spacial score (nSPS) is 14.4. The summed E-state index contributed by atoms with van der Waals surface area (Å²) in [5.41, 5.74) is 1.20. The fraction of sp³-hybridized carbons (Fsp3) is 0.625. The molecule has 2 rings (SSSR count). The Morgan fingerprint density at radius 1 is 1.05 bits per heavy atom. The largest absolute Gasteiger partial charge is 0.490 e. The fourth-order valence-corrected chi connectivity index (χ4v) is 2.30. The number of benzene rings is 1. The van der Waals surface area contributed by atoms with Crippen molar-refractivity contribution in [2.45, 2.75) is 13.3 Å². The van der Waals surface area contributed by atoms with Gasteiger partial charge in [0.1, 0.15) is 6.61 Å². The molecular formula is C16H28N2O4. The molecule has 6 nitrogen and oxygen atoms in total. The van der Waals surface area contributed by atoms with Crippen molar-refractivity contribution in [3.8, 4) is 11.5 Å². The first-order chi connectivity index (χ1) is 10.3. The zero-order chi connectivity index (χ0) is 14.9. The molecule has 3 N–H and O–H groups in total. The minimum Gasteiger partial charge on any atom is -0.490 e. The summed E-state index contributed by atoms with van der Waals surface area (Å²) in [6.45, 7) is 8.01. The highest BCUT2D eigenvalue weighted by Gasteiger charge is 2.14. The van der Waals surface area contributed by atoms with E-state index in [0.29, 0.717) is 19.8 Å². The van der Waals surface area contributed by atoms with E-state index in [1.807, 2.05) is 6.07 Å². The smallest absolute Gasteiger partial charge is 0.163 e. The molecule has 0 saturated carbocycles. The Hall–Kier alpha value is -1.50. The van der Waals surface area contributed by atoms with Gasteiger partial charge in [-0.15, -0.1) is 0 Å². The maximum Gasteiger partial charge on any atom is 0.163 e. The van der Waals surface area contributed by atoms with E-state index in [-0.39, 0.29) is 5.48 Å². The van der Waals surface area contributed by atoms with Gasteiger partial charge in [-0.3, -0.25) is 0 Å². The van der Waals surface area contributed by atoms with Gasteiger partial charge in [0, 0.05) is 45.0 Å². The molecule has 1 saturated heterocycles. The molecule has 0 radical (unpaired) electrons. The van der Waals surface area contributed by atoms with Crippen LogP contribution in [-0.4, -0.2) is 58.6 Å². The number of nitrogens with zero attached hydrogens (tertiary/aromatic N) is 1. The van der Waals surface area contributed by atoms with E-state index in [1.54, 1.807) is 7.11 Å². The average molecular weight is 312 g/mol. The quantitative estimate of drug-likeness (QED) is 0.727. The number of hydrogen-bond acceptors (Lipinski definition) is 5. The second-order valence-corrected chi connectivity index (χ2v) is 5.06. The third-order valence-electron chi connectivity index (χ3n) is 3.42. The molecule has 126 valence electrons. The van der Waals surface area contributed by atoms with Gasteiger partial charge in [-0.05, 0) is 18.6 Å². The molecule has 1 aliphatic rings. The van der Waals surface area contributed by atoms with Crippen molar-refractivity contribution in [1.29, 1.82) is 0 Å². The van der Waals surface area contributed by atoms with Crippen molar-refractivity contribution in [3.05, 3.63) is 18.2 Å². The van der Waals surface area contributed by atoms with Crippen LogP contribution in [0.15, 0.2) is 18.2 Å². The molecule has 0 atom stereocenters. The first-order valence-corrected chi connectivity index (χ1v) is 7.69. The lowest BCUT2D eigenvalue weighted by molar-refractivity contribution is 0.143. The van der Waals surface area contributed by atoms with Gasteiger partial charge in [0.15, 0.2) is 11.5 Å². The van der Waals surface area contributed by atoms with E-state index in [4.69, 9.17) is 14.2 Å². The lowest BCUT2D eigenvalue weighted by Gasteiger charge is -2.30. The van der Waals surface area contributed by atoms with Crippen molar-refractivity contribution in [1.82, 2.24) is 5.32 Å². The van der Waals surface area contributed by atoms with Gasteiger partial charge in [-0.25, -0.2) is 0 Å². The molecular weight excluding hydrogens is 284 g/mol. The van der Waals surface area contributed by atoms with E-state index in [0.717, 1.165) is 44.1 Å². The number of hydrogen-bond donors (Lipinski definition) is 1. The van der Waals surface area contributed by atoms with Crippen LogP contribution in [-0.2, 0) is 4.74 Å². The summed E-state index contributed by atoms with van der Waals surface area (Å²) in [6.07, 6.45) is 0.982. The molecule has 0 bridgehead atoms. The van der Waals surface area contributed by atoms with Crippen LogP contribution in [0.5, 0.6) is 11.5 Å². The standard InChI is InChI=1S/C16H26N2O3.H2O/c1-3-10-20-16-13-14(18-8-6-17-7-9-18)4-5-15(16)21-12-11-19-2;/h4-5,13,17H,3,6-12H2,1-2H3;1H2. The van der Waals surface area contributed by atoms with Crippen molar-refractivity contribution < 1.29 is 19.7 Å². The molecule has 1 heterocycles. The van der Waals surface area contributed by atoms with Crippen molar-refractivity contribution in [2.24, 2.45) is 0 Å². The molecule has 0 amide bonds. The summed E-state index contributed by atoms with van der Waals surface area (Å²) in [6, 6.07) is 6.19. The monoisotopic (exact) mass is 312 g/mol. The Balaban J connectivity index is 0.00000242. The van der Waals surface area contributed by atoms with Gasteiger partial charge in [0.05, 0.1) is 13.2 Å². The number of ether oxygens (including phenoxy) is 3. The van der Waals surface area contributed by atoms with Crippen LogP contribution in [0.1, 0.15) is 13.3 Å². The predicted octanol–water partition coefficient (Wildman–Crippen LogP) is 1.09. The van der Waals surface area contributed by atoms with Gasteiger partial charge in [-0.2, -0.15) is 0 Å². The SMILES string of the molecule is CCCOc1cc(N2CCNCC2)ccc1OCCOC.O. The molecule has 6 heteroatoms. The van der Waals surface area contributed by atoms with Crippen LogP contribution in [0.2, 0.25) is 0 Å². The number of anilines is 1. The first-order valence-electron chi connectivity index (χ1n) is 7.69. The van der Waals surface area contributed by atoms with Gasteiger partial charge in [0.25, 0.3) is 0 Å². The number of piperazine rings is 1. The number of methoxy groups -OCH3 is 1. The highest BCUT2D eigenvalue weighted by molar-refractivity contribution is 5.56. The van der Waals surface area contributed by atoms with Crippen molar-refractivity contribution in [2.75, 3.05) is 58.0 Å². The molecule has 1 aromatic rings. The van der Waals surface area contributed by atoms with Crippen LogP contribution in [0, 0.1) is 0 Å². The Bertz CT molecular complexity index is 423. The van der Waals surface area contributed by atoms with Crippen LogP contribution < -0.4 is 19.7 Å². The maximum absolute atomic E-state index is 5.84. The second kappa shape index (κ2) is 10.3. The van der Waals surface area contributed by atoms with E-state index in [2.05, 4.69) is 29.3 Å².